The van der Waals surface area contributed by atoms with Gasteiger partial charge < -0.3 is 5.11 Å². The molecule has 0 bridgehead atoms. The molecule has 0 aliphatic rings. The van der Waals surface area contributed by atoms with Crippen molar-refractivity contribution >= 4 is 56.2 Å². The number of sulfonamides is 1. The Bertz CT molecular complexity index is 750. The Kier molecular flexibility index (Phi) is 4.24. The van der Waals surface area contributed by atoms with Crippen molar-refractivity contribution in [3.63, 3.8) is 0 Å². The standard InChI is InChI=1S/C11H7Cl2NO4S2/c12-7-2-1-3-8(13)10(7)14-20(17,18)6-4-9(11(15)16)19-5-6/h1-5,14H,(H,15,16). The number of para-hydroxylation sites is 1. The largest absolute Gasteiger partial charge is 0.477 e. The minimum atomic E-state index is -3.94. The number of rotatable bonds is 4. The number of nitrogens with one attached hydrogen (secondary N) is 1. The molecule has 1 heterocycles. The van der Waals surface area contributed by atoms with Crippen molar-refractivity contribution < 1.29 is 18.3 Å². The van der Waals surface area contributed by atoms with Gasteiger partial charge in [-0.2, -0.15) is 0 Å². The molecule has 1 aromatic carbocycles. The summed E-state index contributed by atoms with van der Waals surface area (Å²) in [6.45, 7) is 0. The van der Waals surface area contributed by atoms with Crippen molar-refractivity contribution in [1.82, 2.24) is 0 Å². The highest BCUT2D eigenvalue weighted by Crippen LogP contribution is 2.32. The molecule has 0 saturated heterocycles. The molecule has 2 N–H and O–H groups in total. The number of hydrogen-bond donors (Lipinski definition) is 2. The summed E-state index contributed by atoms with van der Waals surface area (Å²) in [5, 5.41) is 10.3. The average molecular weight is 352 g/mol. The van der Waals surface area contributed by atoms with Gasteiger partial charge in [-0.3, -0.25) is 4.72 Å². The van der Waals surface area contributed by atoms with Crippen molar-refractivity contribution in [3.8, 4) is 0 Å². The van der Waals surface area contributed by atoms with E-state index < -0.39 is 16.0 Å². The van der Waals surface area contributed by atoms with Crippen LogP contribution in [0.3, 0.4) is 0 Å². The van der Waals surface area contributed by atoms with Gasteiger partial charge in [-0.1, -0.05) is 29.3 Å². The predicted molar refractivity (Wildman–Crippen MR) is 78.5 cm³/mol. The quantitative estimate of drug-likeness (QED) is 0.881. The summed E-state index contributed by atoms with van der Waals surface area (Å²) >= 11 is 12.6. The van der Waals surface area contributed by atoms with Crippen LogP contribution < -0.4 is 4.72 Å². The van der Waals surface area contributed by atoms with E-state index in [1.54, 1.807) is 6.07 Å². The highest BCUT2D eigenvalue weighted by atomic mass is 35.5. The molecule has 9 heteroatoms. The van der Waals surface area contributed by atoms with Gasteiger partial charge in [-0.15, -0.1) is 11.3 Å². The summed E-state index contributed by atoms with van der Waals surface area (Å²) < 4.78 is 26.5. The number of carboxylic acids is 1. The van der Waals surface area contributed by atoms with Gasteiger partial charge in [0.2, 0.25) is 0 Å². The van der Waals surface area contributed by atoms with Crippen LogP contribution in [0.15, 0.2) is 34.5 Å². The maximum atomic E-state index is 12.1. The molecule has 0 amide bonds. The summed E-state index contributed by atoms with van der Waals surface area (Å²) in [7, 11) is -3.94. The number of halogens is 2. The van der Waals surface area contributed by atoms with E-state index >= 15 is 0 Å². The zero-order valence-electron chi connectivity index (χ0n) is 9.63. The Hall–Kier alpha value is -1.28. The fourth-order valence-corrected chi connectivity index (χ4v) is 4.18. The van der Waals surface area contributed by atoms with Crippen LogP contribution in [0.1, 0.15) is 9.67 Å². The van der Waals surface area contributed by atoms with E-state index in [9.17, 15) is 13.2 Å². The fourth-order valence-electron chi connectivity index (χ4n) is 1.36. The normalized spacial score (nSPS) is 11.3. The maximum absolute atomic E-state index is 12.1. The molecule has 20 heavy (non-hydrogen) atoms. The minimum absolute atomic E-state index is 0.0545. The van der Waals surface area contributed by atoms with Gasteiger partial charge in [0.1, 0.15) is 4.88 Å². The SMILES string of the molecule is O=C(O)c1cc(S(=O)(=O)Nc2c(Cl)cccc2Cl)cs1. The molecule has 0 spiro atoms. The third-order valence-electron chi connectivity index (χ3n) is 2.30. The van der Waals surface area contributed by atoms with Crippen LogP contribution in [0.25, 0.3) is 0 Å². The van der Waals surface area contributed by atoms with E-state index in [0.717, 1.165) is 17.4 Å². The summed E-state index contributed by atoms with van der Waals surface area (Å²) in [4.78, 5) is 10.5. The zero-order chi connectivity index (χ0) is 14.9. The molecule has 0 atom stereocenters. The summed E-state index contributed by atoms with van der Waals surface area (Å²) in [6, 6.07) is 5.62. The van der Waals surface area contributed by atoms with Crippen LogP contribution >= 0.6 is 34.5 Å². The van der Waals surface area contributed by atoms with Gasteiger partial charge in [-0.05, 0) is 18.2 Å². The highest BCUT2D eigenvalue weighted by Gasteiger charge is 2.20. The van der Waals surface area contributed by atoms with Crippen molar-refractivity contribution in [2.75, 3.05) is 4.72 Å². The van der Waals surface area contributed by atoms with E-state index in [2.05, 4.69) is 4.72 Å². The lowest BCUT2D eigenvalue weighted by molar-refractivity contribution is 0.0702. The highest BCUT2D eigenvalue weighted by molar-refractivity contribution is 7.92. The van der Waals surface area contributed by atoms with Gasteiger partial charge in [0.15, 0.2) is 0 Å². The Morgan fingerprint density at radius 1 is 1.25 bits per heavy atom. The number of thiophene rings is 1. The third-order valence-corrected chi connectivity index (χ3v) is 5.32. The number of hydrogen-bond acceptors (Lipinski definition) is 4. The van der Waals surface area contributed by atoms with Crippen LogP contribution in [0.4, 0.5) is 5.69 Å². The van der Waals surface area contributed by atoms with Crippen LogP contribution in [0.5, 0.6) is 0 Å². The van der Waals surface area contributed by atoms with Crippen LogP contribution in [0.2, 0.25) is 10.0 Å². The van der Waals surface area contributed by atoms with Crippen LogP contribution in [0, 0.1) is 0 Å². The molecule has 1 aromatic heterocycles. The molecule has 106 valence electrons. The third kappa shape index (κ3) is 3.06. The molecule has 0 fully saturated rings. The molecule has 0 aliphatic heterocycles. The zero-order valence-corrected chi connectivity index (χ0v) is 12.8. The van der Waals surface area contributed by atoms with Crippen molar-refractivity contribution in [2.24, 2.45) is 0 Å². The second kappa shape index (κ2) is 5.61. The molecule has 0 radical (unpaired) electrons. The van der Waals surface area contributed by atoms with Gasteiger partial charge in [0.25, 0.3) is 10.0 Å². The first kappa shape index (κ1) is 15.1. The lowest BCUT2D eigenvalue weighted by atomic mass is 10.3. The topological polar surface area (TPSA) is 83.5 Å². The van der Waals surface area contributed by atoms with E-state index in [4.69, 9.17) is 28.3 Å². The first-order valence-electron chi connectivity index (χ1n) is 5.10. The summed E-state index contributed by atoms with van der Waals surface area (Å²) in [6.07, 6.45) is 0. The lowest BCUT2D eigenvalue weighted by Crippen LogP contribution is -2.13. The number of carbonyl (C=O) groups is 1. The Balaban J connectivity index is 2.38. The van der Waals surface area contributed by atoms with Gasteiger partial charge >= 0.3 is 5.97 Å². The molecule has 0 saturated carbocycles. The lowest BCUT2D eigenvalue weighted by Gasteiger charge is -2.09. The fraction of sp³-hybridized carbons (Fsp3) is 0. The smallest absolute Gasteiger partial charge is 0.345 e. The molecular formula is C11H7Cl2NO4S2. The molecule has 0 unspecified atom stereocenters. The summed E-state index contributed by atoms with van der Waals surface area (Å²) in [5.74, 6) is -1.19. The van der Waals surface area contributed by atoms with E-state index in [1.165, 1.54) is 17.5 Å². The van der Waals surface area contributed by atoms with Gasteiger partial charge in [0, 0.05) is 5.38 Å². The van der Waals surface area contributed by atoms with Crippen molar-refractivity contribution in [3.05, 3.63) is 44.6 Å². The molecule has 0 aliphatic carbocycles. The monoisotopic (exact) mass is 351 g/mol. The maximum Gasteiger partial charge on any atom is 0.345 e. The second-order valence-corrected chi connectivity index (χ2v) is 7.06. The second-order valence-electron chi connectivity index (χ2n) is 3.65. The van der Waals surface area contributed by atoms with Crippen LogP contribution in [-0.2, 0) is 10.0 Å². The molecule has 2 aromatic rings. The predicted octanol–water partition coefficient (Wildman–Crippen LogP) is 3.55. The first-order chi connectivity index (χ1) is 9.31. The van der Waals surface area contributed by atoms with Crippen molar-refractivity contribution in [1.29, 1.82) is 0 Å². The average Bonchev–Trinajstić information content (AvgIpc) is 2.84. The molecule has 2 rings (SSSR count). The number of aromatic carboxylic acids is 1. The molecule has 5 nitrogen and oxygen atoms in total. The summed E-state index contributed by atoms with van der Waals surface area (Å²) in [5.41, 5.74) is 0.0545. The van der Waals surface area contributed by atoms with Gasteiger partial charge in [-0.25, -0.2) is 13.2 Å². The Morgan fingerprint density at radius 3 is 2.35 bits per heavy atom. The minimum Gasteiger partial charge on any atom is -0.477 e. The van der Waals surface area contributed by atoms with E-state index in [1.807, 2.05) is 0 Å². The number of anilines is 1. The Labute approximate surface area is 128 Å². The van der Waals surface area contributed by atoms with Gasteiger partial charge in [0.05, 0.1) is 20.6 Å². The number of carboxylic acid groups (broad SMARTS) is 1. The Morgan fingerprint density at radius 2 is 1.85 bits per heavy atom. The van der Waals surface area contributed by atoms with E-state index in [-0.39, 0.29) is 25.5 Å². The van der Waals surface area contributed by atoms with E-state index in [0.29, 0.717) is 0 Å². The van der Waals surface area contributed by atoms with Crippen LogP contribution in [-0.4, -0.2) is 19.5 Å². The number of benzene rings is 1. The van der Waals surface area contributed by atoms with Crippen molar-refractivity contribution in [2.45, 2.75) is 4.90 Å². The molecular weight excluding hydrogens is 345 g/mol. The first-order valence-corrected chi connectivity index (χ1v) is 8.22.